The highest BCUT2D eigenvalue weighted by Gasteiger charge is 2.28. The first-order chi connectivity index (χ1) is 7.67. The molecule has 1 aliphatic heterocycles. The first-order valence-electron chi connectivity index (χ1n) is 4.96. The fraction of sp³-hybridized carbons (Fsp3) is 0.875. The number of hydrogen-bond acceptors (Lipinski definition) is 4. The maximum atomic E-state index is 10.2. The standard InChI is InChI=1S/C8H16N4O4/c1-9-8(11-12(13)14)10-5-6-3-4-16-7(6)15-2/h6-7H,3-5H2,1-2H3,(H2,9,10,11). The summed E-state index contributed by atoms with van der Waals surface area (Å²) in [6.07, 6.45) is 0.613. The van der Waals surface area contributed by atoms with Crippen molar-refractivity contribution in [1.82, 2.24) is 10.6 Å². The Labute approximate surface area is 93.1 Å². The van der Waals surface area contributed by atoms with Crippen LogP contribution in [0.4, 0.5) is 0 Å². The van der Waals surface area contributed by atoms with Gasteiger partial charge in [-0.3, -0.25) is 0 Å². The zero-order valence-electron chi connectivity index (χ0n) is 9.30. The average Bonchev–Trinajstić information content (AvgIpc) is 2.70. The van der Waals surface area contributed by atoms with Gasteiger partial charge >= 0.3 is 0 Å². The van der Waals surface area contributed by atoms with Crippen LogP contribution in [0.2, 0.25) is 0 Å². The molecule has 1 saturated heterocycles. The van der Waals surface area contributed by atoms with Crippen molar-refractivity contribution in [3.63, 3.8) is 0 Å². The van der Waals surface area contributed by atoms with E-state index in [2.05, 4.69) is 15.7 Å². The lowest BCUT2D eigenvalue weighted by molar-refractivity contribution is -0.485. The molecule has 92 valence electrons. The molecule has 1 fully saturated rings. The van der Waals surface area contributed by atoms with E-state index in [0.717, 1.165) is 6.42 Å². The van der Waals surface area contributed by atoms with Gasteiger partial charge in [-0.25, -0.2) is 10.1 Å². The molecule has 2 N–H and O–H groups in total. The number of nitrogens with zero attached hydrogens (tertiary/aromatic N) is 2. The second-order valence-electron chi connectivity index (χ2n) is 3.34. The molecular formula is C8H16N4O4. The van der Waals surface area contributed by atoms with Crippen LogP contribution in [-0.4, -0.2) is 44.6 Å². The Morgan fingerprint density at radius 1 is 1.75 bits per heavy atom. The highest BCUT2D eigenvalue weighted by Crippen LogP contribution is 2.20. The van der Waals surface area contributed by atoms with Crippen molar-refractivity contribution >= 4 is 5.96 Å². The van der Waals surface area contributed by atoms with Crippen molar-refractivity contribution in [3.8, 4) is 0 Å². The fourth-order valence-electron chi connectivity index (χ4n) is 1.55. The minimum absolute atomic E-state index is 0.131. The molecule has 1 heterocycles. The number of nitro groups is 1. The fourth-order valence-corrected chi connectivity index (χ4v) is 1.55. The van der Waals surface area contributed by atoms with Crippen LogP contribution >= 0.6 is 0 Å². The van der Waals surface area contributed by atoms with Crippen molar-refractivity contribution in [1.29, 1.82) is 0 Å². The van der Waals surface area contributed by atoms with Crippen molar-refractivity contribution in [2.24, 2.45) is 11.0 Å². The number of rotatable bonds is 4. The topological polar surface area (TPSA) is 98.0 Å². The molecule has 0 aromatic rings. The number of hydrogen-bond donors (Lipinski definition) is 2. The van der Waals surface area contributed by atoms with Gasteiger partial charge in [-0.05, 0) is 6.42 Å². The van der Waals surface area contributed by atoms with Crippen LogP contribution in [0.15, 0.2) is 5.10 Å². The lowest BCUT2D eigenvalue weighted by atomic mass is 10.1. The maximum absolute atomic E-state index is 10.2. The van der Waals surface area contributed by atoms with E-state index in [0.29, 0.717) is 13.2 Å². The predicted molar refractivity (Wildman–Crippen MR) is 56.3 cm³/mol. The van der Waals surface area contributed by atoms with E-state index in [9.17, 15) is 10.1 Å². The summed E-state index contributed by atoms with van der Waals surface area (Å²) >= 11 is 0. The Morgan fingerprint density at radius 2 is 2.50 bits per heavy atom. The summed E-state index contributed by atoms with van der Waals surface area (Å²) in [5.41, 5.74) is 0. The molecular weight excluding hydrogens is 216 g/mol. The predicted octanol–water partition coefficient (Wildman–Crippen LogP) is -0.648. The smallest absolute Gasteiger partial charge is 0.268 e. The van der Waals surface area contributed by atoms with Crippen LogP contribution < -0.4 is 10.6 Å². The third-order valence-electron chi connectivity index (χ3n) is 2.34. The van der Waals surface area contributed by atoms with Crippen molar-refractivity contribution < 1.29 is 14.5 Å². The number of guanidine groups is 1. The minimum atomic E-state index is -0.752. The molecule has 0 amide bonds. The Morgan fingerprint density at radius 3 is 3.06 bits per heavy atom. The zero-order valence-corrected chi connectivity index (χ0v) is 9.30. The molecule has 0 aliphatic carbocycles. The molecule has 0 spiro atoms. The SMILES string of the molecule is CN/C(=N\[N+](=O)[O-])NCC1CCOC1OC. The van der Waals surface area contributed by atoms with E-state index in [1.807, 2.05) is 0 Å². The molecule has 1 aliphatic rings. The van der Waals surface area contributed by atoms with Gasteiger partial charge in [-0.2, -0.15) is 0 Å². The lowest BCUT2D eigenvalue weighted by Crippen LogP contribution is -2.40. The number of hydrazone groups is 1. The van der Waals surface area contributed by atoms with Gasteiger partial charge < -0.3 is 20.1 Å². The molecule has 2 unspecified atom stereocenters. The van der Waals surface area contributed by atoms with Gasteiger partial charge in [0.1, 0.15) is 5.10 Å². The summed E-state index contributed by atoms with van der Waals surface area (Å²) in [7, 11) is 3.14. The Kier molecular flexibility index (Phi) is 4.93. The minimum Gasteiger partial charge on any atom is -0.356 e. The largest absolute Gasteiger partial charge is 0.356 e. The highest BCUT2D eigenvalue weighted by atomic mass is 16.7. The van der Waals surface area contributed by atoms with Crippen molar-refractivity contribution in [3.05, 3.63) is 10.1 Å². The lowest BCUT2D eigenvalue weighted by Gasteiger charge is -2.17. The van der Waals surface area contributed by atoms with Crippen molar-refractivity contribution in [2.75, 3.05) is 27.3 Å². The molecule has 16 heavy (non-hydrogen) atoms. The first-order valence-corrected chi connectivity index (χ1v) is 4.96. The van der Waals surface area contributed by atoms with E-state index in [1.54, 1.807) is 14.2 Å². The molecule has 0 saturated carbocycles. The molecule has 2 atom stereocenters. The van der Waals surface area contributed by atoms with Crippen LogP contribution in [0.3, 0.4) is 0 Å². The van der Waals surface area contributed by atoms with Crippen LogP contribution in [0.1, 0.15) is 6.42 Å². The summed E-state index contributed by atoms with van der Waals surface area (Å²) in [6.45, 7) is 1.16. The number of ether oxygens (including phenoxy) is 2. The Balaban J connectivity index is 2.40. The van der Waals surface area contributed by atoms with Crippen LogP contribution in [0.25, 0.3) is 0 Å². The normalized spacial score (nSPS) is 25.5. The van der Waals surface area contributed by atoms with Gasteiger partial charge in [0.15, 0.2) is 11.3 Å². The molecule has 0 aromatic heterocycles. The summed E-state index contributed by atoms with van der Waals surface area (Å²) in [4.78, 5) is 10.2. The van der Waals surface area contributed by atoms with Gasteiger partial charge in [-0.15, -0.1) is 0 Å². The van der Waals surface area contributed by atoms with Gasteiger partial charge in [0.2, 0.25) is 0 Å². The molecule has 1 rings (SSSR count). The third-order valence-corrected chi connectivity index (χ3v) is 2.34. The maximum Gasteiger partial charge on any atom is 0.268 e. The Hall–Kier alpha value is -1.41. The van der Waals surface area contributed by atoms with Gasteiger partial charge in [0.05, 0.1) is 6.61 Å². The summed E-state index contributed by atoms with van der Waals surface area (Å²) in [5, 5.41) is 18.0. The number of nitrogens with one attached hydrogen (secondary N) is 2. The molecule has 0 bridgehead atoms. The van der Waals surface area contributed by atoms with E-state index >= 15 is 0 Å². The quantitative estimate of drug-likeness (QED) is 0.289. The highest BCUT2D eigenvalue weighted by molar-refractivity contribution is 5.78. The monoisotopic (exact) mass is 232 g/mol. The number of methoxy groups -OCH3 is 1. The zero-order chi connectivity index (χ0) is 12.0. The van der Waals surface area contributed by atoms with E-state index in [4.69, 9.17) is 9.47 Å². The second kappa shape index (κ2) is 6.23. The third kappa shape index (κ3) is 3.63. The second-order valence-corrected chi connectivity index (χ2v) is 3.34. The van der Waals surface area contributed by atoms with E-state index in [1.165, 1.54) is 0 Å². The van der Waals surface area contributed by atoms with E-state index in [-0.39, 0.29) is 18.2 Å². The van der Waals surface area contributed by atoms with Crippen LogP contribution in [0.5, 0.6) is 0 Å². The molecule has 0 radical (unpaired) electrons. The van der Waals surface area contributed by atoms with Gasteiger partial charge in [0.25, 0.3) is 5.96 Å². The first kappa shape index (κ1) is 12.7. The average molecular weight is 232 g/mol. The molecule has 0 aromatic carbocycles. The van der Waals surface area contributed by atoms with E-state index < -0.39 is 5.03 Å². The van der Waals surface area contributed by atoms with Gasteiger partial charge in [-0.1, -0.05) is 0 Å². The summed E-state index contributed by atoms with van der Waals surface area (Å²) < 4.78 is 10.4. The van der Waals surface area contributed by atoms with Crippen molar-refractivity contribution in [2.45, 2.75) is 12.7 Å². The van der Waals surface area contributed by atoms with Crippen LogP contribution in [0, 0.1) is 16.0 Å². The van der Waals surface area contributed by atoms with Crippen LogP contribution in [-0.2, 0) is 9.47 Å². The Bertz CT molecular complexity index is 271. The summed E-state index contributed by atoms with van der Waals surface area (Å²) in [6, 6.07) is 0. The molecule has 8 nitrogen and oxygen atoms in total. The molecule has 8 heteroatoms. The summed E-state index contributed by atoms with van der Waals surface area (Å²) in [5.74, 6) is 0.307. The van der Waals surface area contributed by atoms with Gasteiger partial charge in [0, 0.05) is 26.6 Å².